The van der Waals surface area contributed by atoms with Gasteiger partial charge < -0.3 is 19.3 Å². The van der Waals surface area contributed by atoms with E-state index in [-0.39, 0.29) is 28.9 Å². The molecule has 0 saturated carbocycles. The Labute approximate surface area is 180 Å². The van der Waals surface area contributed by atoms with Crippen molar-refractivity contribution in [2.24, 2.45) is 0 Å². The number of phenols is 1. The largest absolute Gasteiger partial charge is 0.504 e. The quantitative estimate of drug-likeness (QED) is 0.665. The van der Waals surface area contributed by atoms with Gasteiger partial charge in [-0.3, -0.25) is 4.31 Å². The average Bonchev–Trinajstić information content (AvgIpc) is 3.12. The van der Waals surface area contributed by atoms with Crippen LogP contribution in [0.1, 0.15) is 23.1 Å². The fraction of sp³-hybridized carbons (Fsp3) is 0.217. The van der Waals surface area contributed by atoms with Crippen molar-refractivity contribution in [3.63, 3.8) is 0 Å². The maximum absolute atomic E-state index is 13.8. The Morgan fingerprint density at radius 1 is 1.00 bits per heavy atom. The zero-order valence-electron chi connectivity index (χ0n) is 17.0. The lowest BCUT2D eigenvalue weighted by molar-refractivity contribution is 0.246. The zero-order chi connectivity index (χ0) is 21.8. The Hall–Kier alpha value is -3.39. The van der Waals surface area contributed by atoms with Crippen molar-refractivity contribution in [2.45, 2.75) is 16.9 Å². The topological polar surface area (TPSA) is 85.3 Å². The molecule has 0 bridgehead atoms. The Balaban J connectivity index is 1.76. The lowest BCUT2D eigenvalue weighted by Gasteiger charge is -2.34. The van der Waals surface area contributed by atoms with Gasteiger partial charge in [0.15, 0.2) is 11.5 Å². The molecule has 2 aliphatic rings. The molecular formula is C23H21NO6S. The number of hydrogen-bond acceptors (Lipinski definition) is 6. The standard InChI is InChI=1S/C23H21NO6S/c1-28-14-8-9-16-21(10-14)30-13-18-17-11-20(25)22(29-2)12-19(17)24(23(16)18)31(26,27)15-6-4-3-5-7-15/h3-12,18,23,25H,13H2,1-2H3. The third kappa shape index (κ3) is 2.90. The van der Waals surface area contributed by atoms with Gasteiger partial charge in [-0.25, -0.2) is 8.42 Å². The number of sulfonamides is 1. The highest BCUT2D eigenvalue weighted by molar-refractivity contribution is 7.92. The molecule has 0 radical (unpaired) electrons. The van der Waals surface area contributed by atoms with Crippen LogP contribution in [-0.4, -0.2) is 34.4 Å². The minimum Gasteiger partial charge on any atom is -0.504 e. The Kier molecular flexibility index (Phi) is 4.48. The lowest BCUT2D eigenvalue weighted by Crippen LogP contribution is -2.36. The van der Waals surface area contributed by atoms with E-state index in [2.05, 4.69) is 0 Å². The summed E-state index contributed by atoms with van der Waals surface area (Å²) in [5.41, 5.74) is 1.91. The van der Waals surface area contributed by atoms with Gasteiger partial charge in [-0.15, -0.1) is 0 Å². The predicted molar refractivity (Wildman–Crippen MR) is 115 cm³/mol. The van der Waals surface area contributed by atoms with Crippen molar-refractivity contribution >= 4 is 15.7 Å². The van der Waals surface area contributed by atoms with Gasteiger partial charge in [0, 0.05) is 23.6 Å². The summed E-state index contributed by atoms with van der Waals surface area (Å²) in [5, 5.41) is 10.4. The molecule has 2 heterocycles. The number of hydrogen-bond donors (Lipinski definition) is 1. The van der Waals surface area contributed by atoms with Gasteiger partial charge in [-0.1, -0.05) is 18.2 Å². The Morgan fingerprint density at radius 2 is 1.77 bits per heavy atom. The molecule has 2 atom stereocenters. The maximum atomic E-state index is 13.8. The van der Waals surface area contributed by atoms with Gasteiger partial charge in [0.25, 0.3) is 10.0 Å². The number of benzene rings is 3. The summed E-state index contributed by atoms with van der Waals surface area (Å²) in [6, 6.07) is 16.3. The highest BCUT2D eigenvalue weighted by Gasteiger charge is 2.49. The van der Waals surface area contributed by atoms with E-state index in [4.69, 9.17) is 14.2 Å². The van der Waals surface area contributed by atoms with E-state index < -0.39 is 16.1 Å². The van der Waals surface area contributed by atoms with Crippen LogP contribution in [0.3, 0.4) is 0 Å². The molecule has 7 nitrogen and oxygen atoms in total. The van der Waals surface area contributed by atoms with Crippen LogP contribution in [0, 0.1) is 0 Å². The van der Waals surface area contributed by atoms with Crippen LogP contribution >= 0.6 is 0 Å². The minimum atomic E-state index is -3.91. The molecule has 0 saturated heterocycles. The fourth-order valence-corrected chi connectivity index (χ4v) is 6.11. The molecule has 3 aromatic carbocycles. The number of rotatable bonds is 4. The first-order valence-corrected chi connectivity index (χ1v) is 11.2. The van der Waals surface area contributed by atoms with Gasteiger partial charge in [-0.2, -0.15) is 0 Å². The van der Waals surface area contributed by atoms with E-state index in [1.165, 1.54) is 11.4 Å². The number of nitrogens with zero attached hydrogens (tertiary/aromatic N) is 1. The molecule has 31 heavy (non-hydrogen) atoms. The number of methoxy groups -OCH3 is 2. The first kappa shape index (κ1) is 19.6. The summed E-state index contributed by atoms with van der Waals surface area (Å²) in [5.74, 6) is 1.09. The third-order valence-electron chi connectivity index (χ3n) is 5.86. The summed E-state index contributed by atoms with van der Waals surface area (Å²) in [4.78, 5) is 0.190. The van der Waals surface area contributed by atoms with Crippen molar-refractivity contribution in [2.75, 3.05) is 25.1 Å². The number of fused-ring (bicyclic) bond motifs is 5. The van der Waals surface area contributed by atoms with Crippen LogP contribution in [0.15, 0.2) is 65.6 Å². The normalized spacial score (nSPS) is 19.1. The second-order valence-corrected chi connectivity index (χ2v) is 9.28. The zero-order valence-corrected chi connectivity index (χ0v) is 17.8. The van der Waals surface area contributed by atoms with Crippen LogP contribution in [0.4, 0.5) is 5.69 Å². The van der Waals surface area contributed by atoms with E-state index in [1.807, 2.05) is 6.07 Å². The van der Waals surface area contributed by atoms with Crippen molar-refractivity contribution in [3.8, 4) is 23.0 Å². The highest BCUT2D eigenvalue weighted by Crippen LogP contribution is 2.57. The molecule has 2 aliphatic heterocycles. The predicted octanol–water partition coefficient (Wildman–Crippen LogP) is 3.84. The number of aromatic hydroxyl groups is 1. The van der Waals surface area contributed by atoms with Crippen molar-refractivity contribution in [1.82, 2.24) is 0 Å². The van der Waals surface area contributed by atoms with Crippen LogP contribution in [0.25, 0.3) is 0 Å². The van der Waals surface area contributed by atoms with Crippen LogP contribution in [0.2, 0.25) is 0 Å². The van der Waals surface area contributed by atoms with Gasteiger partial charge in [0.1, 0.15) is 11.5 Å². The van der Waals surface area contributed by atoms with E-state index in [9.17, 15) is 13.5 Å². The second-order valence-electron chi connectivity index (χ2n) is 7.46. The molecule has 8 heteroatoms. The molecule has 160 valence electrons. The van der Waals surface area contributed by atoms with Gasteiger partial charge in [-0.05, 0) is 35.9 Å². The molecule has 0 fully saturated rings. The Bertz CT molecular complexity index is 1260. The van der Waals surface area contributed by atoms with Crippen molar-refractivity contribution < 1.29 is 27.7 Å². The van der Waals surface area contributed by atoms with Gasteiger partial charge in [0.05, 0.1) is 37.5 Å². The van der Waals surface area contributed by atoms with Crippen molar-refractivity contribution in [3.05, 3.63) is 71.8 Å². The van der Waals surface area contributed by atoms with E-state index >= 15 is 0 Å². The number of ether oxygens (including phenoxy) is 3. The lowest BCUT2D eigenvalue weighted by atomic mass is 9.88. The van der Waals surface area contributed by atoms with E-state index in [0.717, 1.165) is 5.56 Å². The molecule has 2 unspecified atom stereocenters. The molecular weight excluding hydrogens is 418 g/mol. The fourth-order valence-electron chi connectivity index (χ4n) is 4.41. The summed E-state index contributed by atoms with van der Waals surface area (Å²) in [7, 11) is -0.905. The van der Waals surface area contributed by atoms with E-state index in [0.29, 0.717) is 22.7 Å². The average molecular weight is 439 g/mol. The summed E-state index contributed by atoms with van der Waals surface area (Å²) in [6.45, 7) is 0.268. The molecule has 0 aliphatic carbocycles. The van der Waals surface area contributed by atoms with Crippen LogP contribution in [0.5, 0.6) is 23.0 Å². The molecule has 0 spiro atoms. The van der Waals surface area contributed by atoms with Gasteiger partial charge >= 0.3 is 0 Å². The molecule has 0 aromatic heterocycles. The summed E-state index contributed by atoms with van der Waals surface area (Å²) >= 11 is 0. The van der Waals surface area contributed by atoms with E-state index in [1.54, 1.807) is 61.7 Å². The molecule has 1 N–H and O–H groups in total. The minimum absolute atomic E-state index is 0.0421. The maximum Gasteiger partial charge on any atom is 0.264 e. The first-order valence-electron chi connectivity index (χ1n) is 9.77. The van der Waals surface area contributed by atoms with Crippen LogP contribution < -0.4 is 18.5 Å². The van der Waals surface area contributed by atoms with Gasteiger partial charge in [0.2, 0.25) is 0 Å². The molecule has 0 amide bonds. The third-order valence-corrected chi connectivity index (χ3v) is 7.67. The highest BCUT2D eigenvalue weighted by atomic mass is 32.2. The Morgan fingerprint density at radius 3 is 2.48 bits per heavy atom. The first-order chi connectivity index (χ1) is 15.0. The van der Waals surface area contributed by atoms with Crippen molar-refractivity contribution in [1.29, 1.82) is 0 Å². The summed E-state index contributed by atoms with van der Waals surface area (Å²) < 4.78 is 45.6. The molecule has 5 rings (SSSR count). The van der Waals surface area contributed by atoms with Crippen LogP contribution in [-0.2, 0) is 10.0 Å². The number of anilines is 1. The SMILES string of the molecule is COc1ccc2c(c1)OCC1c3cc(O)c(OC)cc3N(S(=O)(=O)c3ccccc3)C21. The number of phenolic OH excluding ortho intramolecular Hbond substituents is 1. The summed E-state index contributed by atoms with van der Waals surface area (Å²) in [6.07, 6.45) is 0. The second kappa shape index (κ2) is 7.09. The smallest absolute Gasteiger partial charge is 0.264 e. The molecule has 3 aromatic rings. The monoisotopic (exact) mass is 439 g/mol.